The zero-order valence-electron chi connectivity index (χ0n) is 9.92. The van der Waals surface area contributed by atoms with Gasteiger partial charge in [-0.3, -0.25) is 0 Å². The molecule has 0 aromatic carbocycles. The topological polar surface area (TPSA) is 160 Å². The lowest BCUT2D eigenvalue weighted by molar-refractivity contribution is -0.0354. The van der Waals surface area contributed by atoms with Crippen molar-refractivity contribution in [3.63, 3.8) is 0 Å². The predicted molar refractivity (Wildman–Crippen MR) is 60.2 cm³/mol. The van der Waals surface area contributed by atoms with Gasteiger partial charge in [0, 0.05) is 0 Å². The average molecular weight is 272 g/mol. The Morgan fingerprint density at radius 1 is 0.778 bits per heavy atom. The standard InChI is InChI=1S/C8H18O6.BH3O3/c9-3-7(11)5-13-1-2-14-6-8(12)4-10;2-1(3)4/h7-12H,1-6H2;2-4H. The van der Waals surface area contributed by atoms with Gasteiger partial charge in [0.1, 0.15) is 12.2 Å². The van der Waals surface area contributed by atoms with Gasteiger partial charge in [0.2, 0.25) is 0 Å². The van der Waals surface area contributed by atoms with E-state index in [0.29, 0.717) is 0 Å². The Hall–Kier alpha value is -0.295. The summed E-state index contributed by atoms with van der Waals surface area (Å²) in [4.78, 5) is 0. The number of ether oxygens (including phenoxy) is 2. The maximum absolute atomic E-state index is 8.85. The van der Waals surface area contributed by atoms with E-state index >= 15 is 0 Å². The minimum Gasteiger partial charge on any atom is -0.402 e. The first-order valence-corrected chi connectivity index (χ1v) is 5.21. The zero-order valence-corrected chi connectivity index (χ0v) is 9.92. The molecule has 7 N–H and O–H groups in total. The van der Waals surface area contributed by atoms with Crippen LogP contribution in [0.4, 0.5) is 0 Å². The highest BCUT2D eigenvalue weighted by Gasteiger charge is 2.02. The van der Waals surface area contributed by atoms with Crippen molar-refractivity contribution in [3.05, 3.63) is 0 Å². The highest BCUT2D eigenvalue weighted by atomic mass is 16.5. The van der Waals surface area contributed by atoms with Gasteiger partial charge in [-0.15, -0.1) is 0 Å². The Labute approximate surface area is 105 Å². The van der Waals surface area contributed by atoms with Gasteiger partial charge in [-0.05, 0) is 0 Å². The first-order valence-electron chi connectivity index (χ1n) is 5.21. The number of aliphatic hydroxyl groups excluding tert-OH is 4. The van der Waals surface area contributed by atoms with Crippen LogP contribution in [-0.2, 0) is 9.47 Å². The molecule has 0 bridgehead atoms. The second-order valence-corrected chi connectivity index (χ2v) is 3.17. The summed E-state index contributed by atoms with van der Waals surface area (Å²) in [5.74, 6) is 0. The molecule has 0 aromatic rings. The van der Waals surface area contributed by atoms with Crippen molar-refractivity contribution >= 4 is 7.32 Å². The minimum absolute atomic E-state index is 0.0579. The normalized spacial score (nSPS) is 13.5. The molecule has 10 heteroatoms. The molecule has 0 aliphatic rings. The molecule has 0 amide bonds. The van der Waals surface area contributed by atoms with E-state index in [0.717, 1.165) is 0 Å². The maximum Gasteiger partial charge on any atom is 0.631 e. The van der Waals surface area contributed by atoms with Crippen molar-refractivity contribution in [2.75, 3.05) is 39.6 Å². The van der Waals surface area contributed by atoms with Gasteiger partial charge in [-0.1, -0.05) is 0 Å². The summed E-state index contributed by atoms with van der Waals surface area (Å²) in [6.45, 7) is 0.00338. The van der Waals surface area contributed by atoms with Gasteiger partial charge in [-0.2, -0.15) is 0 Å². The van der Waals surface area contributed by atoms with Gasteiger partial charge in [0.25, 0.3) is 0 Å². The molecule has 0 rings (SSSR count). The molecule has 0 spiro atoms. The van der Waals surface area contributed by atoms with Crippen LogP contribution in [0.3, 0.4) is 0 Å². The van der Waals surface area contributed by atoms with E-state index in [9.17, 15) is 0 Å². The Kier molecular flexibility index (Phi) is 16.4. The fourth-order valence-electron chi connectivity index (χ4n) is 0.662. The Morgan fingerprint density at radius 3 is 1.28 bits per heavy atom. The van der Waals surface area contributed by atoms with Crippen LogP contribution in [0, 0.1) is 0 Å². The molecule has 0 aliphatic heterocycles. The lowest BCUT2D eigenvalue weighted by Gasteiger charge is -2.10. The van der Waals surface area contributed by atoms with Crippen LogP contribution in [0.25, 0.3) is 0 Å². The molecule has 9 nitrogen and oxygen atoms in total. The molecule has 0 fully saturated rings. The molecule has 0 aliphatic carbocycles. The third kappa shape index (κ3) is 21.0. The smallest absolute Gasteiger partial charge is 0.402 e. The van der Waals surface area contributed by atoms with Crippen molar-refractivity contribution < 1.29 is 45.0 Å². The predicted octanol–water partition coefficient (Wildman–Crippen LogP) is -4.33. The molecule has 110 valence electrons. The SMILES string of the molecule is OB(O)O.OCC(O)COCCOCC(O)CO. The molecule has 0 heterocycles. The molecule has 18 heavy (non-hydrogen) atoms. The third-order valence-electron chi connectivity index (χ3n) is 1.41. The third-order valence-corrected chi connectivity index (χ3v) is 1.41. The molecule has 2 atom stereocenters. The fourth-order valence-corrected chi connectivity index (χ4v) is 0.662. The quantitative estimate of drug-likeness (QED) is 0.162. The monoisotopic (exact) mass is 272 g/mol. The van der Waals surface area contributed by atoms with Gasteiger partial charge in [0.15, 0.2) is 0 Å². The molecule has 0 saturated heterocycles. The van der Waals surface area contributed by atoms with Gasteiger partial charge >= 0.3 is 7.32 Å². The van der Waals surface area contributed by atoms with Crippen LogP contribution in [0.5, 0.6) is 0 Å². The van der Waals surface area contributed by atoms with Crippen LogP contribution in [0.1, 0.15) is 0 Å². The van der Waals surface area contributed by atoms with Crippen molar-refractivity contribution in [2.24, 2.45) is 0 Å². The first kappa shape index (κ1) is 20.0. The van der Waals surface area contributed by atoms with E-state index in [-0.39, 0.29) is 39.6 Å². The van der Waals surface area contributed by atoms with Crippen molar-refractivity contribution in [3.8, 4) is 0 Å². The van der Waals surface area contributed by atoms with E-state index in [1.165, 1.54) is 0 Å². The highest BCUT2D eigenvalue weighted by Crippen LogP contribution is 1.86. The minimum atomic E-state index is -2.17. The van der Waals surface area contributed by atoms with Crippen LogP contribution < -0.4 is 0 Å². The lowest BCUT2D eigenvalue weighted by Crippen LogP contribution is -2.23. The second-order valence-electron chi connectivity index (χ2n) is 3.17. The van der Waals surface area contributed by atoms with Crippen molar-refractivity contribution in [1.29, 1.82) is 0 Å². The van der Waals surface area contributed by atoms with E-state index in [2.05, 4.69) is 0 Å². The largest absolute Gasteiger partial charge is 0.631 e. The summed E-state index contributed by atoms with van der Waals surface area (Å²) in [7, 11) is -2.17. The van der Waals surface area contributed by atoms with E-state index in [4.69, 9.17) is 45.0 Å². The van der Waals surface area contributed by atoms with Gasteiger partial charge < -0.3 is 45.0 Å². The Bertz CT molecular complexity index is 143. The summed E-state index contributed by atoms with van der Waals surface area (Å²) >= 11 is 0. The van der Waals surface area contributed by atoms with Crippen LogP contribution in [0.15, 0.2) is 0 Å². The molecule has 2 unspecified atom stereocenters. The first-order chi connectivity index (χ1) is 8.43. The molecule has 0 radical (unpaired) electrons. The molecule has 0 aromatic heterocycles. The van der Waals surface area contributed by atoms with Gasteiger partial charge in [-0.25, -0.2) is 0 Å². The van der Waals surface area contributed by atoms with Gasteiger partial charge in [0.05, 0.1) is 39.6 Å². The number of hydrogen-bond donors (Lipinski definition) is 7. The summed E-state index contributed by atoms with van der Waals surface area (Å²) in [5, 5.41) is 56.0. The average Bonchev–Trinajstić information content (AvgIpc) is 2.32. The van der Waals surface area contributed by atoms with Crippen LogP contribution >= 0.6 is 0 Å². The van der Waals surface area contributed by atoms with E-state index in [1.54, 1.807) is 0 Å². The molecular weight excluding hydrogens is 251 g/mol. The zero-order chi connectivity index (χ0) is 14.4. The number of rotatable bonds is 9. The van der Waals surface area contributed by atoms with Crippen LogP contribution in [0.2, 0.25) is 0 Å². The van der Waals surface area contributed by atoms with E-state index in [1.807, 2.05) is 0 Å². The lowest BCUT2D eigenvalue weighted by atomic mass is 10.3. The second kappa shape index (κ2) is 14.8. The molecular formula is C8H21BO9. The summed E-state index contributed by atoms with van der Waals surface area (Å²) in [6.07, 6.45) is -1.73. The maximum atomic E-state index is 8.85. The number of hydrogen-bond acceptors (Lipinski definition) is 9. The van der Waals surface area contributed by atoms with Crippen LogP contribution in [-0.4, -0.2) is 94.7 Å². The summed E-state index contributed by atoms with van der Waals surface area (Å²) in [5.41, 5.74) is 0. The highest BCUT2D eigenvalue weighted by molar-refractivity contribution is 6.30. The van der Waals surface area contributed by atoms with E-state index < -0.39 is 19.5 Å². The van der Waals surface area contributed by atoms with Crippen molar-refractivity contribution in [1.82, 2.24) is 0 Å². The molecule has 0 saturated carbocycles. The Morgan fingerprint density at radius 2 is 1.06 bits per heavy atom. The fraction of sp³-hybridized carbons (Fsp3) is 1.00. The van der Waals surface area contributed by atoms with Crippen molar-refractivity contribution in [2.45, 2.75) is 12.2 Å². The Balaban J connectivity index is 0. The summed E-state index contributed by atoms with van der Waals surface area (Å²) in [6, 6.07) is 0. The number of aliphatic hydroxyl groups is 4. The summed E-state index contributed by atoms with van der Waals surface area (Å²) < 4.78 is 9.85.